The molecule has 1 saturated carbocycles. The number of carbonyl (C=O) groups excluding carboxylic acids is 1. The summed E-state index contributed by atoms with van der Waals surface area (Å²) in [6, 6.07) is 4.54. The topological polar surface area (TPSA) is 72.9 Å². The fraction of sp³-hybridized carbons (Fsp3) is 0.500. The van der Waals surface area contributed by atoms with Crippen molar-refractivity contribution in [2.45, 2.75) is 37.6 Å². The number of hydrogen-bond donors (Lipinski definition) is 2. The number of aryl methyl sites for hydroxylation is 1. The van der Waals surface area contributed by atoms with Crippen LogP contribution in [0.1, 0.15) is 31.5 Å². The van der Waals surface area contributed by atoms with Gasteiger partial charge in [-0.1, -0.05) is 12.8 Å². The zero-order chi connectivity index (χ0) is 15.7. The molecule has 2 aromatic rings. The number of imidazole rings is 1. The number of nitrogens with one attached hydrogen (secondary N) is 1. The van der Waals surface area contributed by atoms with E-state index >= 15 is 0 Å². The number of aromatic nitrogens is 2. The van der Waals surface area contributed by atoms with E-state index in [2.05, 4.69) is 10.3 Å². The SMILES string of the molecule is Cn1c(CCNC(=O)C2(N)CCCC2)nc2ccc(F)cc21. The molecule has 0 aliphatic heterocycles. The molecule has 1 aliphatic carbocycles. The summed E-state index contributed by atoms with van der Waals surface area (Å²) in [4.78, 5) is 16.6. The maximum atomic E-state index is 13.3. The molecule has 1 fully saturated rings. The summed E-state index contributed by atoms with van der Waals surface area (Å²) in [5.41, 5.74) is 6.93. The Hall–Kier alpha value is -1.95. The van der Waals surface area contributed by atoms with Crippen LogP contribution in [-0.2, 0) is 18.3 Å². The summed E-state index contributed by atoms with van der Waals surface area (Å²) >= 11 is 0. The van der Waals surface area contributed by atoms with Crippen LogP contribution < -0.4 is 11.1 Å². The Labute approximate surface area is 128 Å². The summed E-state index contributed by atoms with van der Waals surface area (Å²) in [5, 5.41) is 2.91. The number of carbonyl (C=O) groups is 1. The lowest BCUT2D eigenvalue weighted by molar-refractivity contribution is -0.126. The molecule has 1 amide bonds. The van der Waals surface area contributed by atoms with Crippen molar-refractivity contribution in [2.75, 3.05) is 6.54 Å². The van der Waals surface area contributed by atoms with Crippen LogP contribution >= 0.6 is 0 Å². The van der Waals surface area contributed by atoms with Gasteiger partial charge >= 0.3 is 0 Å². The molecular weight excluding hydrogens is 283 g/mol. The van der Waals surface area contributed by atoms with Crippen LogP contribution in [0.25, 0.3) is 11.0 Å². The first-order chi connectivity index (χ1) is 10.5. The molecule has 0 spiro atoms. The van der Waals surface area contributed by atoms with Gasteiger partial charge in [0.15, 0.2) is 0 Å². The van der Waals surface area contributed by atoms with Gasteiger partial charge in [-0.25, -0.2) is 9.37 Å². The number of rotatable bonds is 4. The molecule has 5 nitrogen and oxygen atoms in total. The molecule has 1 heterocycles. The Kier molecular flexibility index (Phi) is 3.87. The van der Waals surface area contributed by atoms with Gasteiger partial charge in [-0.2, -0.15) is 0 Å². The number of nitrogens with zero attached hydrogens (tertiary/aromatic N) is 2. The maximum Gasteiger partial charge on any atom is 0.240 e. The smallest absolute Gasteiger partial charge is 0.240 e. The number of nitrogens with two attached hydrogens (primary N) is 1. The van der Waals surface area contributed by atoms with Crippen LogP contribution in [0.3, 0.4) is 0 Å². The van der Waals surface area contributed by atoms with Crippen LogP contribution in [0.4, 0.5) is 4.39 Å². The van der Waals surface area contributed by atoms with E-state index in [-0.39, 0.29) is 11.7 Å². The minimum absolute atomic E-state index is 0.0743. The monoisotopic (exact) mass is 304 g/mol. The molecule has 118 valence electrons. The number of amides is 1. The molecule has 1 aromatic carbocycles. The highest BCUT2D eigenvalue weighted by atomic mass is 19.1. The van der Waals surface area contributed by atoms with E-state index in [1.807, 2.05) is 11.6 Å². The van der Waals surface area contributed by atoms with Gasteiger partial charge in [-0.15, -0.1) is 0 Å². The number of hydrogen-bond acceptors (Lipinski definition) is 3. The average molecular weight is 304 g/mol. The molecule has 1 aromatic heterocycles. The fourth-order valence-corrected chi connectivity index (χ4v) is 3.13. The molecule has 3 N–H and O–H groups in total. The number of benzene rings is 1. The second-order valence-electron chi connectivity index (χ2n) is 6.09. The van der Waals surface area contributed by atoms with Crippen molar-refractivity contribution in [1.82, 2.24) is 14.9 Å². The summed E-state index contributed by atoms with van der Waals surface area (Å²) in [6.45, 7) is 0.484. The molecule has 6 heteroatoms. The quantitative estimate of drug-likeness (QED) is 0.902. The van der Waals surface area contributed by atoms with E-state index in [4.69, 9.17) is 5.73 Å². The first-order valence-corrected chi connectivity index (χ1v) is 7.68. The summed E-state index contributed by atoms with van der Waals surface area (Å²) in [6.07, 6.45) is 4.13. The van der Waals surface area contributed by atoms with Crippen molar-refractivity contribution < 1.29 is 9.18 Å². The van der Waals surface area contributed by atoms with E-state index < -0.39 is 5.54 Å². The van der Waals surface area contributed by atoms with Gasteiger partial charge in [0.2, 0.25) is 5.91 Å². The highest BCUT2D eigenvalue weighted by Crippen LogP contribution is 2.27. The van der Waals surface area contributed by atoms with E-state index in [1.54, 1.807) is 6.07 Å². The number of halogens is 1. The molecule has 1 aliphatic rings. The van der Waals surface area contributed by atoms with E-state index in [0.29, 0.717) is 13.0 Å². The van der Waals surface area contributed by atoms with Gasteiger partial charge in [0.25, 0.3) is 0 Å². The predicted octanol–water partition coefficient (Wildman–Crippen LogP) is 1.64. The molecule has 22 heavy (non-hydrogen) atoms. The second-order valence-corrected chi connectivity index (χ2v) is 6.09. The Balaban J connectivity index is 1.64. The predicted molar refractivity (Wildman–Crippen MR) is 82.8 cm³/mol. The zero-order valence-electron chi connectivity index (χ0n) is 12.7. The maximum absolute atomic E-state index is 13.3. The highest BCUT2D eigenvalue weighted by molar-refractivity contribution is 5.86. The standard InChI is InChI=1S/C16H21FN4O/c1-21-13-10-11(17)4-5-12(13)20-14(21)6-9-19-15(22)16(18)7-2-3-8-16/h4-5,10H,2-3,6-9,18H2,1H3,(H,19,22). The second kappa shape index (κ2) is 5.68. The fourth-order valence-electron chi connectivity index (χ4n) is 3.13. The van der Waals surface area contributed by atoms with Crippen LogP contribution in [0.5, 0.6) is 0 Å². The Bertz CT molecular complexity index is 703. The lowest BCUT2D eigenvalue weighted by Crippen LogP contribution is -2.52. The number of fused-ring (bicyclic) bond motifs is 1. The summed E-state index contributed by atoms with van der Waals surface area (Å²) < 4.78 is 15.1. The summed E-state index contributed by atoms with van der Waals surface area (Å²) in [5.74, 6) is 0.467. The highest BCUT2D eigenvalue weighted by Gasteiger charge is 2.36. The minimum Gasteiger partial charge on any atom is -0.354 e. The first-order valence-electron chi connectivity index (χ1n) is 7.68. The molecule has 0 unspecified atom stereocenters. The lowest BCUT2D eigenvalue weighted by Gasteiger charge is -2.22. The van der Waals surface area contributed by atoms with E-state index in [0.717, 1.165) is 42.5 Å². The Morgan fingerprint density at radius 3 is 2.91 bits per heavy atom. The zero-order valence-corrected chi connectivity index (χ0v) is 12.7. The van der Waals surface area contributed by atoms with E-state index in [9.17, 15) is 9.18 Å². The molecular formula is C16H21FN4O. The van der Waals surface area contributed by atoms with Crippen LogP contribution in [0.15, 0.2) is 18.2 Å². The molecule has 0 atom stereocenters. The van der Waals surface area contributed by atoms with Gasteiger partial charge in [-0.3, -0.25) is 4.79 Å². The van der Waals surface area contributed by atoms with Gasteiger partial charge in [-0.05, 0) is 31.0 Å². The molecule has 0 bridgehead atoms. The summed E-state index contributed by atoms with van der Waals surface area (Å²) in [7, 11) is 1.85. The van der Waals surface area contributed by atoms with Crippen LogP contribution in [0.2, 0.25) is 0 Å². The third kappa shape index (κ3) is 2.70. The normalized spacial score (nSPS) is 17.0. The van der Waals surface area contributed by atoms with Crippen LogP contribution in [0, 0.1) is 5.82 Å². The third-order valence-corrected chi connectivity index (χ3v) is 4.52. The van der Waals surface area contributed by atoms with Crippen LogP contribution in [-0.4, -0.2) is 27.5 Å². The lowest BCUT2D eigenvalue weighted by atomic mass is 9.98. The van der Waals surface area contributed by atoms with Crippen molar-refractivity contribution in [3.05, 3.63) is 29.8 Å². The Morgan fingerprint density at radius 1 is 1.45 bits per heavy atom. The minimum atomic E-state index is -0.699. The largest absolute Gasteiger partial charge is 0.354 e. The van der Waals surface area contributed by atoms with Crippen molar-refractivity contribution in [3.8, 4) is 0 Å². The molecule has 0 radical (unpaired) electrons. The van der Waals surface area contributed by atoms with Crippen molar-refractivity contribution >= 4 is 16.9 Å². The van der Waals surface area contributed by atoms with Gasteiger partial charge in [0.1, 0.15) is 11.6 Å². The van der Waals surface area contributed by atoms with Gasteiger partial charge in [0.05, 0.1) is 16.6 Å². The third-order valence-electron chi connectivity index (χ3n) is 4.52. The van der Waals surface area contributed by atoms with Gasteiger partial charge < -0.3 is 15.6 Å². The van der Waals surface area contributed by atoms with Gasteiger partial charge in [0, 0.05) is 20.0 Å². The Morgan fingerprint density at radius 2 is 2.18 bits per heavy atom. The van der Waals surface area contributed by atoms with Crippen molar-refractivity contribution in [3.63, 3.8) is 0 Å². The molecule has 0 saturated heterocycles. The molecule has 3 rings (SSSR count). The first kappa shape index (κ1) is 15.0. The van der Waals surface area contributed by atoms with E-state index in [1.165, 1.54) is 12.1 Å². The average Bonchev–Trinajstić information content (AvgIpc) is 3.06. The van der Waals surface area contributed by atoms with Crippen molar-refractivity contribution in [1.29, 1.82) is 0 Å². The van der Waals surface area contributed by atoms with Crippen molar-refractivity contribution in [2.24, 2.45) is 12.8 Å².